The van der Waals surface area contributed by atoms with Crippen molar-refractivity contribution in [3.05, 3.63) is 29.3 Å². The molecule has 0 aliphatic carbocycles. The van der Waals surface area contributed by atoms with Gasteiger partial charge in [0.05, 0.1) is 0 Å². The van der Waals surface area contributed by atoms with Gasteiger partial charge < -0.3 is 10.2 Å². The Hall–Kier alpha value is -1.51. The normalized spacial score (nSPS) is 25.9. The maximum absolute atomic E-state index is 12.8. The number of likely N-dealkylation sites (tertiary alicyclic amines) is 1. The van der Waals surface area contributed by atoms with Crippen molar-refractivity contribution in [1.82, 2.24) is 4.90 Å². The van der Waals surface area contributed by atoms with Gasteiger partial charge in [-0.2, -0.15) is 0 Å². The van der Waals surface area contributed by atoms with E-state index in [9.17, 15) is 4.79 Å². The van der Waals surface area contributed by atoms with Gasteiger partial charge >= 0.3 is 0 Å². The highest BCUT2D eigenvalue weighted by atomic mass is 16.2. The molecule has 2 aliphatic rings. The van der Waals surface area contributed by atoms with Gasteiger partial charge in [-0.1, -0.05) is 13.0 Å². The number of nitrogens with one attached hydrogen (secondary N) is 1. The molecule has 2 heterocycles. The van der Waals surface area contributed by atoms with Crippen LogP contribution in [0.2, 0.25) is 0 Å². The first-order valence-corrected chi connectivity index (χ1v) is 7.33. The Morgan fingerprint density at radius 1 is 1.37 bits per heavy atom. The summed E-state index contributed by atoms with van der Waals surface area (Å²) in [6.45, 7) is 6.31. The standard InChI is InChI=1S/C16H22N2O/c1-11-9-12(2)18(10-11)16(19)14-5-3-7-15-13(14)6-4-8-17-15/h3,5,7,11-12,17H,4,6,8-10H2,1-2H3. The first kappa shape index (κ1) is 12.5. The lowest BCUT2D eigenvalue weighted by molar-refractivity contribution is 0.0742. The third-order valence-electron chi connectivity index (χ3n) is 4.37. The average Bonchev–Trinajstić information content (AvgIpc) is 2.76. The fourth-order valence-electron chi connectivity index (χ4n) is 3.45. The minimum atomic E-state index is 0.220. The molecule has 1 amide bonds. The Balaban J connectivity index is 1.92. The minimum absolute atomic E-state index is 0.220. The second-order valence-corrected chi connectivity index (χ2v) is 6.01. The van der Waals surface area contributed by atoms with Crippen LogP contribution in [0.15, 0.2) is 18.2 Å². The zero-order valence-electron chi connectivity index (χ0n) is 11.8. The van der Waals surface area contributed by atoms with Crippen molar-refractivity contribution in [3.8, 4) is 0 Å². The zero-order valence-corrected chi connectivity index (χ0v) is 11.8. The van der Waals surface area contributed by atoms with E-state index in [-0.39, 0.29) is 5.91 Å². The number of amides is 1. The van der Waals surface area contributed by atoms with Crippen molar-refractivity contribution < 1.29 is 4.79 Å². The van der Waals surface area contributed by atoms with Crippen molar-refractivity contribution in [3.63, 3.8) is 0 Å². The second-order valence-electron chi connectivity index (χ2n) is 6.01. The Labute approximate surface area is 115 Å². The maximum atomic E-state index is 12.8. The van der Waals surface area contributed by atoms with Gasteiger partial charge in [0.2, 0.25) is 0 Å². The number of carbonyl (C=O) groups excluding carboxylic acids is 1. The van der Waals surface area contributed by atoms with Crippen molar-refractivity contribution in [2.75, 3.05) is 18.4 Å². The van der Waals surface area contributed by atoms with Crippen molar-refractivity contribution >= 4 is 11.6 Å². The molecule has 1 fully saturated rings. The molecule has 0 radical (unpaired) electrons. The van der Waals surface area contributed by atoms with Gasteiger partial charge in [0.25, 0.3) is 5.91 Å². The van der Waals surface area contributed by atoms with E-state index in [1.807, 2.05) is 12.1 Å². The van der Waals surface area contributed by atoms with Gasteiger partial charge in [-0.3, -0.25) is 4.79 Å². The number of rotatable bonds is 1. The van der Waals surface area contributed by atoms with E-state index >= 15 is 0 Å². The van der Waals surface area contributed by atoms with Crippen molar-refractivity contribution in [1.29, 1.82) is 0 Å². The topological polar surface area (TPSA) is 32.3 Å². The lowest BCUT2D eigenvalue weighted by Crippen LogP contribution is -2.35. The van der Waals surface area contributed by atoms with Gasteiger partial charge in [0.15, 0.2) is 0 Å². The van der Waals surface area contributed by atoms with E-state index in [0.717, 1.165) is 43.6 Å². The highest BCUT2D eigenvalue weighted by Crippen LogP contribution is 2.29. The van der Waals surface area contributed by atoms with Gasteiger partial charge in [-0.25, -0.2) is 0 Å². The molecule has 0 saturated carbocycles. The van der Waals surface area contributed by atoms with Gasteiger partial charge in [-0.05, 0) is 49.8 Å². The summed E-state index contributed by atoms with van der Waals surface area (Å²) in [5.74, 6) is 0.842. The fourth-order valence-corrected chi connectivity index (χ4v) is 3.45. The molecule has 1 N–H and O–H groups in total. The largest absolute Gasteiger partial charge is 0.385 e. The van der Waals surface area contributed by atoms with E-state index in [1.54, 1.807) is 0 Å². The van der Waals surface area contributed by atoms with Crippen LogP contribution in [-0.2, 0) is 6.42 Å². The lowest BCUT2D eigenvalue weighted by Gasteiger charge is -2.26. The summed E-state index contributed by atoms with van der Waals surface area (Å²) in [5.41, 5.74) is 3.27. The molecular weight excluding hydrogens is 236 g/mol. The number of carbonyl (C=O) groups is 1. The maximum Gasteiger partial charge on any atom is 0.254 e. The zero-order chi connectivity index (χ0) is 13.4. The summed E-state index contributed by atoms with van der Waals surface area (Å²) in [6.07, 6.45) is 3.25. The first-order chi connectivity index (χ1) is 9.16. The lowest BCUT2D eigenvalue weighted by atomic mass is 9.96. The molecule has 102 valence electrons. The van der Waals surface area contributed by atoms with Gasteiger partial charge in [-0.15, -0.1) is 0 Å². The van der Waals surface area contributed by atoms with Crippen LogP contribution in [0.4, 0.5) is 5.69 Å². The summed E-state index contributed by atoms with van der Waals surface area (Å²) in [6, 6.07) is 6.44. The van der Waals surface area contributed by atoms with E-state index in [0.29, 0.717) is 12.0 Å². The van der Waals surface area contributed by atoms with Crippen molar-refractivity contribution in [2.24, 2.45) is 5.92 Å². The minimum Gasteiger partial charge on any atom is -0.385 e. The van der Waals surface area contributed by atoms with Crippen LogP contribution >= 0.6 is 0 Å². The molecule has 2 atom stereocenters. The quantitative estimate of drug-likeness (QED) is 0.840. The molecule has 3 nitrogen and oxygen atoms in total. The Morgan fingerprint density at radius 3 is 2.95 bits per heavy atom. The SMILES string of the molecule is CC1CC(C)N(C(=O)c2cccc3c2CCCN3)C1. The van der Waals surface area contributed by atoms with Crippen LogP contribution in [0.5, 0.6) is 0 Å². The molecule has 0 spiro atoms. The van der Waals surface area contributed by atoms with Crippen molar-refractivity contribution in [2.45, 2.75) is 39.2 Å². The fraction of sp³-hybridized carbons (Fsp3) is 0.562. The molecule has 3 heteroatoms. The van der Waals surface area contributed by atoms with E-state index in [2.05, 4.69) is 30.1 Å². The third-order valence-corrected chi connectivity index (χ3v) is 4.37. The molecule has 1 aromatic rings. The summed E-state index contributed by atoms with van der Waals surface area (Å²) in [7, 11) is 0. The number of hydrogen-bond acceptors (Lipinski definition) is 2. The summed E-state index contributed by atoms with van der Waals surface area (Å²) >= 11 is 0. The van der Waals surface area contributed by atoms with Gasteiger partial charge in [0, 0.05) is 30.4 Å². The van der Waals surface area contributed by atoms with Crippen LogP contribution in [0.3, 0.4) is 0 Å². The van der Waals surface area contributed by atoms with E-state index in [1.165, 1.54) is 5.56 Å². The highest BCUT2D eigenvalue weighted by Gasteiger charge is 2.31. The van der Waals surface area contributed by atoms with Crippen LogP contribution in [0, 0.1) is 5.92 Å². The van der Waals surface area contributed by atoms with E-state index < -0.39 is 0 Å². The predicted molar refractivity (Wildman–Crippen MR) is 77.5 cm³/mol. The van der Waals surface area contributed by atoms with Crippen LogP contribution in [0.1, 0.15) is 42.6 Å². The second kappa shape index (κ2) is 4.87. The predicted octanol–water partition coefficient (Wildman–Crippen LogP) is 2.92. The molecule has 0 aromatic heterocycles. The van der Waals surface area contributed by atoms with E-state index in [4.69, 9.17) is 0 Å². The Bertz CT molecular complexity index is 498. The molecule has 0 bridgehead atoms. The molecule has 1 saturated heterocycles. The molecule has 1 aromatic carbocycles. The molecule has 3 rings (SSSR count). The molecular formula is C16H22N2O. The Kier molecular flexibility index (Phi) is 3.21. The Morgan fingerprint density at radius 2 is 2.21 bits per heavy atom. The third kappa shape index (κ3) is 2.22. The first-order valence-electron chi connectivity index (χ1n) is 7.33. The summed E-state index contributed by atoms with van der Waals surface area (Å²) in [5, 5.41) is 3.40. The van der Waals surface area contributed by atoms with Gasteiger partial charge in [0.1, 0.15) is 0 Å². The van der Waals surface area contributed by atoms with Crippen LogP contribution in [-0.4, -0.2) is 29.9 Å². The molecule has 2 aliphatic heterocycles. The molecule has 19 heavy (non-hydrogen) atoms. The molecule has 2 unspecified atom stereocenters. The number of fused-ring (bicyclic) bond motifs is 1. The number of hydrogen-bond donors (Lipinski definition) is 1. The monoisotopic (exact) mass is 258 g/mol. The van der Waals surface area contributed by atoms with Crippen LogP contribution in [0.25, 0.3) is 0 Å². The average molecular weight is 258 g/mol. The number of anilines is 1. The number of benzene rings is 1. The summed E-state index contributed by atoms with van der Waals surface area (Å²) < 4.78 is 0. The van der Waals surface area contributed by atoms with Crippen LogP contribution < -0.4 is 5.32 Å². The number of nitrogens with zero attached hydrogens (tertiary/aromatic N) is 1. The smallest absolute Gasteiger partial charge is 0.254 e. The summed E-state index contributed by atoms with van der Waals surface area (Å²) in [4.78, 5) is 14.8. The highest BCUT2D eigenvalue weighted by molar-refractivity contribution is 5.97.